The van der Waals surface area contributed by atoms with Gasteiger partial charge in [-0.3, -0.25) is 9.78 Å². The fraction of sp³-hybridized carbons (Fsp3) is 0.474. The summed E-state index contributed by atoms with van der Waals surface area (Å²) in [5.74, 6) is 1.20. The van der Waals surface area contributed by atoms with Crippen LogP contribution in [0.5, 0.6) is 5.75 Å². The second-order valence-corrected chi connectivity index (χ2v) is 6.73. The zero-order valence-corrected chi connectivity index (χ0v) is 13.9. The van der Waals surface area contributed by atoms with Crippen LogP contribution in [0, 0.1) is 0 Å². The minimum absolute atomic E-state index is 0.00546. The lowest BCUT2D eigenvalue weighted by atomic mass is 10.0. The summed E-state index contributed by atoms with van der Waals surface area (Å²) in [6.07, 6.45) is 4.10. The molecule has 1 N–H and O–H groups in total. The number of carbonyl (C=O) groups is 1. The van der Waals surface area contributed by atoms with Gasteiger partial charge in [-0.25, -0.2) is 0 Å². The Bertz CT molecular complexity index is 786. The Hall–Kier alpha value is -2.14. The van der Waals surface area contributed by atoms with Gasteiger partial charge in [0, 0.05) is 23.5 Å². The fourth-order valence-corrected chi connectivity index (χ4v) is 3.57. The van der Waals surface area contributed by atoms with E-state index < -0.39 is 0 Å². The molecule has 2 heterocycles. The molecular weight excluding hydrogens is 304 g/mol. The number of rotatable bonds is 4. The van der Waals surface area contributed by atoms with Crippen LogP contribution in [-0.2, 0) is 0 Å². The van der Waals surface area contributed by atoms with Gasteiger partial charge in [-0.05, 0) is 49.9 Å². The maximum Gasteiger partial charge on any atom is 0.254 e. The zero-order valence-electron chi connectivity index (χ0n) is 13.9. The molecule has 1 aromatic heterocycles. The number of aromatic nitrogens is 1. The first-order valence-electron chi connectivity index (χ1n) is 8.62. The van der Waals surface area contributed by atoms with Crippen molar-refractivity contribution in [1.82, 2.24) is 9.88 Å². The molecule has 0 bridgehead atoms. The summed E-state index contributed by atoms with van der Waals surface area (Å²) >= 11 is 0. The Labute approximate surface area is 141 Å². The summed E-state index contributed by atoms with van der Waals surface area (Å²) < 4.78 is 5.32. The van der Waals surface area contributed by atoms with Crippen LogP contribution >= 0.6 is 0 Å². The second kappa shape index (κ2) is 6.06. The molecular formula is C19H22N2O3. The molecule has 1 aliphatic carbocycles. The zero-order chi connectivity index (χ0) is 16.7. The number of aliphatic hydroxyl groups excluding tert-OH is 1. The van der Waals surface area contributed by atoms with Crippen molar-refractivity contribution in [3.05, 3.63) is 35.5 Å². The highest BCUT2D eigenvalue weighted by Gasteiger charge is 2.32. The van der Waals surface area contributed by atoms with Crippen molar-refractivity contribution < 1.29 is 14.6 Å². The van der Waals surface area contributed by atoms with Gasteiger partial charge < -0.3 is 14.7 Å². The van der Waals surface area contributed by atoms with Crippen molar-refractivity contribution in [2.24, 2.45) is 0 Å². The number of ether oxygens (including phenoxy) is 1. The molecule has 4 rings (SSSR count). The Balaban J connectivity index is 1.83. The number of likely N-dealkylation sites (tertiary alicyclic amines) is 1. The van der Waals surface area contributed by atoms with Gasteiger partial charge in [-0.15, -0.1) is 0 Å². The van der Waals surface area contributed by atoms with Gasteiger partial charge in [-0.2, -0.15) is 0 Å². The molecule has 0 spiro atoms. The van der Waals surface area contributed by atoms with Gasteiger partial charge in [0.25, 0.3) is 5.91 Å². The number of aliphatic hydroxyl groups is 1. The van der Waals surface area contributed by atoms with Gasteiger partial charge >= 0.3 is 0 Å². The van der Waals surface area contributed by atoms with E-state index in [2.05, 4.69) is 0 Å². The highest BCUT2D eigenvalue weighted by molar-refractivity contribution is 6.06. The van der Waals surface area contributed by atoms with E-state index in [1.807, 2.05) is 29.2 Å². The predicted molar refractivity (Wildman–Crippen MR) is 91.4 cm³/mol. The summed E-state index contributed by atoms with van der Waals surface area (Å²) in [5.41, 5.74) is 2.53. The van der Waals surface area contributed by atoms with Crippen LogP contribution in [0.1, 0.15) is 47.7 Å². The minimum Gasteiger partial charge on any atom is -0.497 e. The highest BCUT2D eigenvalue weighted by Crippen LogP contribution is 2.40. The van der Waals surface area contributed by atoms with Gasteiger partial charge in [0.2, 0.25) is 0 Å². The molecule has 1 saturated heterocycles. The van der Waals surface area contributed by atoms with E-state index in [1.54, 1.807) is 7.11 Å². The van der Waals surface area contributed by atoms with Crippen LogP contribution < -0.4 is 4.74 Å². The van der Waals surface area contributed by atoms with Crippen molar-refractivity contribution in [3.8, 4) is 5.75 Å². The molecule has 126 valence electrons. The summed E-state index contributed by atoms with van der Waals surface area (Å²) in [6, 6.07) is 7.57. The third-order valence-electron chi connectivity index (χ3n) is 5.11. The molecule has 2 aromatic rings. The Morgan fingerprint density at radius 3 is 2.88 bits per heavy atom. The molecule has 24 heavy (non-hydrogen) atoms. The van der Waals surface area contributed by atoms with Crippen molar-refractivity contribution in [1.29, 1.82) is 0 Å². The molecule has 2 aliphatic rings. The van der Waals surface area contributed by atoms with E-state index >= 15 is 0 Å². The van der Waals surface area contributed by atoms with Gasteiger partial charge in [0.05, 0.1) is 30.8 Å². The third-order valence-corrected chi connectivity index (χ3v) is 5.11. The summed E-state index contributed by atoms with van der Waals surface area (Å²) in [4.78, 5) is 19.7. The SMILES string of the molecule is COc1ccc2nc(C3CC3)cc(C(=O)N3CCC[C@@H]3CO)c2c1. The maximum absolute atomic E-state index is 13.2. The lowest BCUT2D eigenvalue weighted by Crippen LogP contribution is -2.37. The van der Waals surface area contributed by atoms with Crippen LogP contribution in [0.15, 0.2) is 24.3 Å². The third kappa shape index (κ3) is 2.63. The first-order valence-corrected chi connectivity index (χ1v) is 8.62. The van der Waals surface area contributed by atoms with E-state index in [-0.39, 0.29) is 18.6 Å². The largest absolute Gasteiger partial charge is 0.497 e. The number of amides is 1. The van der Waals surface area contributed by atoms with E-state index in [9.17, 15) is 9.90 Å². The van der Waals surface area contributed by atoms with Crippen LogP contribution in [0.2, 0.25) is 0 Å². The van der Waals surface area contributed by atoms with E-state index in [4.69, 9.17) is 9.72 Å². The summed E-state index contributed by atoms with van der Waals surface area (Å²) in [7, 11) is 1.62. The Morgan fingerprint density at radius 2 is 2.17 bits per heavy atom. The number of hydrogen-bond donors (Lipinski definition) is 1. The second-order valence-electron chi connectivity index (χ2n) is 6.73. The van der Waals surface area contributed by atoms with Crippen molar-refractivity contribution in [3.63, 3.8) is 0 Å². The number of fused-ring (bicyclic) bond motifs is 1. The fourth-order valence-electron chi connectivity index (χ4n) is 3.57. The molecule has 1 aliphatic heterocycles. The molecule has 0 unspecified atom stereocenters. The predicted octanol–water partition coefficient (Wildman–Crippen LogP) is 2.72. The van der Waals surface area contributed by atoms with Gasteiger partial charge in [-0.1, -0.05) is 0 Å². The summed E-state index contributed by atoms with van der Waals surface area (Å²) in [5, 5.41) is 10.4. The summed E-state index contributed by atoms with van der Waals surface area (Å²) in [6.45, 7) is 0.726. The number of methoxy groups -OCH3 is 1. The monoisotopic (exact) mass is 326 g/mol. The molecule has 1 atom stereocenters. The number of carbonyl (C=O) groups excluding carboxylic acids is 1. The van der Waals surface area contributed by atoms with Gasteiger partial charge in [0.1, 0.15) is 5.75 Å². The molecule has 5 nitrogen and oxygen atoms in total. The van der Waals surface area contributed by atoms with E-state index in [0.717, 1.165) is 48.0 Å². The topological polar surface area (TPSA) is 62.7 Å². The van der Waals surface area contributed by atoms with E-state index in [1.165, 1.54) is 0 Å². The lowest BCUT2D eigenvalue weighted by molar-refractivity contribution is 0.0679. The smallest absolute Gasteiger partial charge is 0.254 e. The Kier molecular flexibility index (Phi) is 3.88. The molecule has 1 amide bonds. The van der Waals surface area contributed by atoms with E-state index in [0.29, 0.717) is 18.0 Å². The van der Waals surface area contributed by atoms with Crippen molar-refractivity contribution in [2.45, 2.75) is 37.6 Å². The average molecular weight is 326 g/mol. The lowest BCUT2D eigenvalue weighted by Gasteiger charge is -2.24. The van der Waals surface area contributed by atoms with Crippen molar-refractivity contribution in [2.75, 3.05) is 20.3 Å². The quantitative estimate of drug-likeness (QED) is 0.938. The van der Waals surface area contributed by atoms with Crippen LogP contribution in [0.25, 0.3) is 10.9 Å². The van der Waals surface area contributed by atoms with Crippen LogP contribution in [0.4, 0.5) is 0 Å². The number of nitrogens with zero attached hydrogens (tertiary/aromatic N) is 2. The van der Waals surface area contributed by atoms with Gasteiger partial charge in [0.15, 0.2) is 0 Å². The molecule has 2 fully saturated rings. The number of pyridine rings is 1. The normalized spacial score (nSPS) is 20.6. The average Bonchev–Trinajstić information content (AvgIpc) is 3.36. The standard InChI is InChI=1S/C19H22N2O3/c1-24-14-6-7-17-15(9-14)16(10-18(20-17)12-4-5-12)19(23)21-8-2-3-13(21)11-22/h6-7,9-10,12-13,22H,2-5,8,11H2,1H3/t13-/m1/s1. The molecule has 5 heteroatoms. The number of benzene rings is 1. The van der Waals surface area contributed by atoms with Crippen LogP contribution in [0.3, 0.4) is 0 Å². The van der Waals surface area contributed by atoms with Crippen molar-refractivity contribution >= 4 is 16.8 Å². The molecule has 0 radical (unpaired) electrons. The first-order chi connectivity index (χ1) is 11.7. The molecule has 1 saturated carbocycles. The Morgan fingerprint density at radius 1 is 1.33 bits per heavy atom. The first kappa shape index (κ1) is 15.4. The number of hydrogen-bond acceptors (Lipinski definition) is 4. The van der Waals surface area contributed by atoms with Crippen LogP contribution in [-0.4, -0.2) is 47.2 Å². The maximum atomic E-state index is 13.2. The minimum atomic E-state index is -0.0734. The highest BCUT2D eigenvalue weighted by atomic mass is 16.5. The molecule has 1 aromatic carbocycles.